The van der Waals surface area contributed by atoms with Gasteiger partial charge in [-0.15, -0.1) is 0 Å². The number of hydrogen-bond acceptors (Lipinski definition) is 5. The second kappa shape index (κ2) is 9.92. The maximum Gasteiger partial charge on any atom is 0.416 e. The Balaban J connectivity index is 2.24. The Labute approximate surface area is 204 Å². The topological polar surface area (TPSA) is 117 Å². The molecule has 0 aliphatic carbocycles. The molecule has 184 valence electrons. The van der Waals surface area contributed by atoms with Gasteiger partial charge in [0.15, 0.2) is 5.78 Å². The van der Waals surface area contributed by atoms with Gasteiger partial charge in [0.2, 0.25) is 0 Å². The average molecular weight is 495 g/mol. The van der Waals surface area contributed by atoms with Crippen molar-refractivity contribution in [1.29, 1.82) is 10.5 Å². The lowest BCUT2D eigenvalue weighted by molar-refractivity contribution is -0.137. The van der Waals surface area contributed by atoms with Crippen LogP contribution in [0.15, 0.2) is 53.7 Å². The number of allylic oxidation sites excluding steroid dienone is 1. The van der Waals surface area contributed by atoms with Crippen LogP contribution >= 0.6 is 0 Å². The van der Waals surface area contributed by atoms with Gasteiger partial charge in [0.1, 0.15) is 6.54 Å². The smallest absolute Gasteiger partial charge is 0.339 e. The second-order valence-corrected chi connectivity index (χ2v) is 7.99. The summed E-state index contributed by atoms with van der Waals surface area (Å²) in [6.45, 7) is 2.37. The van der Waals surface area contributed by atoms with E-state index in [1.54, 1.807) is 6.07 Å². The minimum Gasteiger partial charge on any atom is -0.339 e. The molecule has 0 radical (unpaired) electrons. The second-order valence-electron chi connectivity index (χ2n) is 7.99. The van der Waals surface area contributed by atoms with Crippen molar-refractivity contribution in [2.24, 2.45) is 0 Å². The Hall–Kier alpha value is -4.64. The van der Waals surface area contributed by atoms with Crippen LogP contribution < -0.4 is 10.2 Å². The van der Waals surface area contributed by atoms with Gasteiger partial charge in [0, 0.05) is 23.9 Å². The molecule has 1 aliphatic rings. The van der Waals surface area contributed by atoms with E-state index in [9.17, 15) is 32.8 Å². The quantitative estimate of drug-likeness (QED) is 0.621. The molecule has 1 heterocycles. The van der Waals surface area contributed by atoms with E-state index in [1.807, 2.05) is 6.07 Å². The summed E-state index contributed by atoms with van der Waals surface area (Å²) in [5.74, 6) is -1.16. The number of nitriles is 2. The molecule has 8 nitrogen and oxygen atoms in total. The highest BCUT2D eigenvalue weighted by molar-refractivity contribution is 6.06. The third-order valence-electron chi connectivity index (χ3n) is 5.74. The molecule has 3 amide bonds. The summed E-state index contributed by atoms with van der Waals surface area (Å²) in [6, 6.07) is 10.2. The third-order valence-corrected chi connectivity index (χ3v) is 5.74. The highest BCUT2D eigenvalue weighted by atomic mass is 19.4. The van der Waals surface area contributed by atoms with Crippen LogP contribution in [-0.4, -0.2) is 36.2 Å². The van der Waals surface area contributed by atoms with Crippen LogP contribution in [0.25, 0.3) is 0 Å². The Morgan fingerprint density at radius 1 is 1.14 bits per heavy atom. The molecule has 1 aliphatic heterocycles. The summed E-state index contributed by atoms with van der Waals surface area (Å²) in [4.78, 5) is 41.2. The molecule has 11 heteroatoms. The number of Topliss-reactive ketones (excluding diaryl/α,β-unsaturated/α-hetero) is 1. The van der Waals surface area contributed by atoms with E-state index in [4.69, 9.17) is 5.26 Å². The zero-order chi connectivity index (χ0) is 26.8. The van der Waals surface area contributed by atoms with Crippen molar-refractivity contribution < 1.29 is 27.6 Å². The van der Waals surface area contributed by atoms with Crippen molar-refractivity contribution in [2.75, 3.05) is 18.5 Å². The van der Waals surface area contributed by atoms with Crippen LogP contribution in [-0.2, 0) is 11.0 Å². The number of nitrogens with zero attached hydrogens (tertiary/aromatic N) is 4. The van der Waals surface area contributed by atoms with E-state index in [2.05, 4.69) is 5.32 Å². The van der Waals surface area contributed by atoms with Crippen LogP contribution in [0.4, 0.5) is 23.7 Å². The van der Waals surface area contributed by atoms with Gasteiger partial charge in [0.25, 0.3) is 5.91 Å². The minimum absolute atomic E-state index is 0.0204. The first-order valence-electron chi connectivity index (χ1n) is 10.6. The van der Waals surface area contributed by atoms with Gasteiger partial charge in [-0.25, -0.2) is 4.79 Å². The van der Waals surface area contributed by atoms with E-state index < -0.39 is 35.5 Å². The van der Waals surface area contributed by atoms with Crippen LogP contribution in [0.5, 0.6) is 0 Å². The van der Waals surface area contributed by atoms with Gasteiger partial charge in [-0.1, -0.05) is 12.1 Å². The molecule has 0 saturated carbocycles. The standard InChI is InChI=1S/C25H20F3N5O3/c1-14-21(15(2)34)22(19-8-7-16(13-30)11-20(19)23(35)31-10-9-29)32(3)24(36)33(14)18-6-4-5-17(12-18)25(26,27)28/h4-8,11-12,22H,10H2,1-3H3,(H,31,35)/t22-/m1/s1. The molecule has 2 aromatic rings. The average Bonchev–Trinajstić information content (AvgIpc) is 2.83. The first-order chi connectivity index (χ1) is 16.9. The SMILES string of the molecule is CC(=O)C1=C(C)N(c2cccc(C(F)(F)F)c2)C(=O)N(C)[C@@H]1c1ccc(C#N)cc1C(=O)NCC#N. The molecular weight excluding hydrogens is 475 g/mol. The predicted molar refractivity (Wildman–Crippen MR) is 122 cm³/mol. The number of likely N-dealkylation sites (N-methyl/N-ethyl adjacent to an activating group) is 1. The molecule has 1 atom stereocenters. The zero-order valence-electron chi connectivity index (χ0n) is 19.5. The molecule has 36 heavy (non-hydrogen) atoms. The van der Waals surface area contributed by atoms with Crippen molar-refractivity contribution in [2.45, 2.75) is 26.1 Å². The molecule has 0 spiro atoms. The molecule has 1 N–H and O–H groups in total. The van der Waals surface area contributed by atoms with Gasteiger partial charge < -0.3 is 10.2 Å². The number of benzene rings is 2. The number of anilines is 1. The molecule has 0 saturated heterocycles. The van der Waals surface area contributed by atoms with Gasteiger partial charge in [-0.2, -0.15) is 23.7 Å². The van der Waals surface area contributed by atoms with E-state index in [1.165, 1.54) is 45.2 Å². The number of rotatable bonds is 5. The monoisotopic (exact) mass is 495 g/mol. The first-order valence-corrected chi connectivity index (χ1v) is 10.6. The Bertz CT molecular complexity index is 1370. The third kappa shape index (κ3) is 4.77. The maximum atomic E-state index is 13.5. The van der Waals surface area contributed by atoms with Crippen LogP contribution in [0.3, 0.4) is 0 Å². The molecule has 0 unspecified atom stereocenters. The van der Waals surface area contributed by atoms with Crippen LogP contribution in [0.1, 0.15) is 46.9 Å². The summed E-state index contributed by atoms with van der Waals surface area (Å²) in [7, 11) is 1.36. The molecule has 2 aromatic carbocycles. The van der Waals surface area contributed by atoms with E-state index in [0.717, 1.165) is 28.0 Å². The maximum absolute atomic E-state index is 13.5. The zero-order valence-corrected chi connectivity index (χ0v) is 19.5. The predicted octanol–water partition coefficient (Wildman–Crippen LogP) is 4.31. The molecule has 0 aromatic heterocycles. The van der Waals surface area contributed by atoms with Gasteiger partial charge in [-0.05, 0) is 49.7 Å². The summed E-state index contributed by atoms with van der Waals surface area (Å²) >= 11 is 0. The van der Waals surface area contributed by atoms with Gasteiger partial charge in [-0.3, -0.25) is 14.5 Å². The lowest BCUT2D eigenvalue weighted by atomic mass is 9.87. The first kappa shape index (κ1) is 26.0. The number of amides is 3. The number of alkyl halides is 3. The minimum atomic E-state index is -4.64. The number of carbonyl (C=O) groups is 3. The van der Waals surface area contributed by atoms with Crippen molar-refractivity contribution in [1.82, 2.24) is 10.2 Å². The fraction of sp³-hybridized carbons (Fsp3) is 0.240. The molecule has 0 fully saturated rings. The van der Waals surface area contributed by atoms with E-state index in [-0.39, 0.29) is 40.2 Å². The fourth-order valence-corrected chi connectivity index (χ4v) is 4.14. The number of carbonyl (C=O) groups excluding carboxylic acids is 3. The Kier molecular flexibility index (Phi) is 7.16. The van der Waals surface area contributed by atoms with Gasteiger partial charge >= 0.3 is 12.2 Å². The summed E-state index contributed by atoms with van der Waals surface area (Å²) in [5, 5.41) is 20.5. The van der Waals surface area contributed by atoms with E-state index >= 15 is 0 Å². The Morgan fingerprint density at radius 2 is 1.83 bits per heavy atom. The van der Waals surface area contributed by atoms with Gasteiger partial charge in [0.05, 0.1) is 35.0 Å². The lowest BCUT2D eigenvalue weighted by Crippen LogP contribution is -2.49. The van der Waals surface area contributed by atoms with Crippen LogP contribution in [0.2, 0.25) is 0 Å². The van der Waals surface area contributed by atoms with Crippen LogP contribution in [0, 0.1) is 22.7 Å². The Morgan fingerprint density at radius 3 is 2.42 bits per heavy atom. The largest absolute Gasteiger partial charge is 0.416 e. The molecular formula is C25H20F3N5O3. The number of urea groups is 1. The highest BCUT2D eigenvalue weighted by Gasteiger charge is 2.41. The van der Waals surface area contributed by atoms with Crippen molar-refractivity contribution in [3.8, 4) is 12.1 Å². The lowest BCUT2D eigenvalue weighted by Gasteiger charge is -2.41. The van der Waals surface area contributed by atoms with E-state index in [0.29, 0.717) is 0 Å². The summed E-state index contributed by atoms with van der Waals surface area (Å²) in [6.07, 6.45) is -4.64. The highest BCUT2D eigenvalue weighted by Crippen LogP contribution is 2.41. The fourth-order valence-electron chi connectivity index (χ4n) is 4.14. The number of nitrogens with one attached hydrogen (secondary N) is 1. The number of ketones is 1. The van der Waals surface area contributed by atoms with Crippen molar-refractivity contribution >= 4 is 23.4 Å². The van der Waals surface area contributed by atoms with Crippen molar-refractivity contribution in [3.63, 3.8) is 0 Å². The summed E-state index contributed by atoms with van der Waals surface area (Å²) < 4.78 is 39.9. The summed E-state index contributed by atoms with van der Waals surface area (Å²) in [5.41, 5.74) is -0.527. The molecule has 3 rings (SSSR count). The number of halogens is 3. The normalized spacial score (nSPS) is 15.9. The molecule has 0 bridgehead atoms. The van der Waals surface area contributed by atoms with Crippen molar-refractivity contribution in [3.05, 3.63) is 76.0 Å². The number of hydrogen-bond donors (Lipinski definition) is 1.